The van der Waals surface area contributed by atoms with Gasteiger partial charge in [-0.3, -0.25) is 4.79 Å². The molecule has 1 amide bonds. The van der Waals surface area contributed by atoms with Gasteiger partial charge in [-0.05, 0) is 74.5 Å². The summed E-state index contributed by atoms with van der Waals surface area (Å²) in [7, 11) is 0. The lowest BCUT2D eigenvalue weighted by molar-refractivity contribution is -0.141. The molecule has 5 aliphatic carbocycles. The zero-order valence-electron chi connectivity index (χ0n) is 13.6. The van der Waals surface area contributed by atoms with E-state index in [1.807, 2.05) is 0 Å². The summed E-state index contributed by atoms with van der Waals surface area (Å²) in [5.41, 5.74) is 7.06. The Morgan fingerprint density at radius 2 is 1.71 bits per heavy atom. The molecule has 2 unspecified atom stereocenters. The summed E-state index contributed by atoms with van der Waals surface area (Å²) in [6.07, 6.45) is 11.5. The predicted molar refractivity (Wildman–Crippen MR) is 83.7 cm³/mol. The van der Waals surface area contributed by atoms with E-state index >= 15 is 0 Å². The van der Waals surface area contributed by atoms with Crippen LogP contribution in [0.25, 0.3) is 0 Å². The van der Waals surface area contributed by atoms with Crippen LogP contribution in [0.15, 0.2) is 0 Å². The van der Waals surface area contributed by atoms with Gasteiger partial charge in [0.05, 0.1) is 0 Å². The number of nitrogens with one attached hydrogen (secondary N) is 1. The molecule has 0 radical (unpaired) electrons. The van der Waals surface area contributed by atoms with E-state index in [-0.39, 0.29) is 17.0 Å². The highest BCUT2D eigenvalue weighted by Crippen LogP contribution is 2.66. The summed E-state index contributed by atoms with van der Waals surface area (Å²) < 4.78 is 0. The molecule has 0 aliphatic heterocycles. The number of rotatable bonds is 3. The minimum atomic E-state index is -0.194. The average Bonchev–Trinajstić information content (AvgIpc) is 2.19. The predicted octanol–water partition coefficient (Wildman–Crippen LogP) is 3.12. The van der Waals surface area contributed by atoms with Crippen molar-refractivity contribution in [2.45, 2.75) is 89.1 Å². The number of hydrogen-bond donors (Lipinski definition) is 2. The normalized spacial score (nSPS) is 49.8. The van der Waals surface area contributed by atoms with Crippen molar-refractivity contribution in [1.29, 1.82) is 0 Å². The lowest BCUT2D eigenvalue weighted by Crippen LogP contribution is -2.65. The topological polar surface area (TPSA) is 55.1 Å². The van der Waals surface area contributed by atoms with E-state index in [1.54, 1.807) is 0 Å². The first-order valence-electron chi connectivity index (χ1n) is 8.81. The van der Waals surface area contributed by atoms with E-state index < -0.39 is 0 Å². The third-order valence-corrected chi connectivity index (χ3v) is 6.89. The molecule has 3 nitrogen and oxygen atoms in total. The van der Waals surface area contributed by atoms with Crippen LogP contribution in [0.4, 0.5) is 0 Å². The Hall–Kier alpha value is -0.570. The number of carbonyl (C=O) groups is 1. The molecule has 5 fully saturated rings. The van der Waals surface area contributed by atoms with Crippen LogP contribution in [-0.4, -0.2) is 17.0 Å². The quantitative estimate of drug-likeness (QED) is 0.839. The Labute approximate surface area is 128 Å². The van der Waals surface area contributed by atoms with Gasteiger partial charge in [-0.1, -0.05) is 13.8 Å². The van der Waals surface area contributed by atoms with Gasteiger partial charge in [-0.25, -0.2) is 0 Å². The number of carbonyl (C=O) groups excluding carboxylic acids is 1. The Bertz CT molecular complexity index is 464. The highest BCUT2D eigenvalue weighted by atomic mass is 16.1. The molecular formula is C18H30N2O. The molecule has 0 heterocycles. The van der Waals surface area contributed by atoms with E-state index in [0.29, 0.717) is 17.3 Å². The minimum absolute atomic E-state index is 0.0834. The molecule has 5 saturated carbocycles. The molecule has 0 aromatic rings. The van der Waals surface area contributed by atoms with Crippen molar-refractivity contribution in [3.05, 3.63) is 0 Å². The maximum Gasteiger partial charge on any atom is 0.222 e. The molecular weight excluding hydrogens is 260 g/mol. The van der Waals surface area contributed by atoms with Crippen LogP contribution in [0.3, 0.4) is 0 Å². The summed E-state index contributed by atoms with van der Waals surface area (Å²) >= 11 is 0. The van der Waals surface area contributed by atoms with Crippen molar-refractivity contribution in [2.24, 2.45) is 22.5 Å². The molecule has 5 aliphatic rings. The number of amides is 1. The van der Waals surface area contributed by atoms with E-state index in [4.69, 9.17) is 5.73 Å². The molecule has 21 heavy (non-hydrogen) atoms. The minimum Gasteiger partial charge on any atom is -0.351 e. The lowest BCUT2D eigenvalue weighted by Gasteiger charge is -2.65. The SMILES string of the molecule is CC12CC3CC(C)(C1)CC(NC(=O)CC1(N)CCC1)(C3)C2. The summed E-state index contributed by atoms with van der Waals surface area (Å²) in [6.45, 7) is 4.90. The first kappa shape index (κ1) is 14.0. The number of hydrogen-bond acceptors (Lipinski definition) is 2. The Kier molecular flexibility index (Phi) is 2.70. The van der Waals surface area contributed by atoms with E-state index in [0.717, 1.165) is 18.8 Å². The average molecular weight is 290 g/mol. The fourth-order valence-electron chi connectivity index (χ4n) is 7.05. The largest absolute Gasteiger partial charge is 0.351 e. The number of nitrogens with two attached hydrogens (primary N) is 1. The second-order valence-electron chi connectivity index (χ2n) is 9.85. The first-order valence-corrected chi connectivity index (χ1v) is 8.81. The van der Waals surface area contributed by atoms with Gasteiger partial charge in [0.25, 0.3) is 0 Å². The van der Waals surface area contributed by atoms with Gasteiger partial charge >= 0.3 is 0 Å². The van der Waals surface area contributed by atoms with E-state index in [9.17, 15) is 4.79 Å². The molecule has 0 aromatic carbocycles. The van der Waals surface area contributed by atoms with Crippen LogP contribution in [0.1, 0.15) is 78.1 Å². The Morgan fingerprint density at radius 3 is 2.19 bits per heavy atom. The van der Waals surface area contributed by atoms with Gasteiger partial charge in [-0.15, -0.1) is 0 Å². The lowest BCUT2D eigenvalue weighted by atomic mass is 9.43. The molecule has 5 rings (SSSR count). The molecule has 118 valence electrons. The molecule has 0 saturated heterocycles. The summed E-state index contributed by atoms with van der Waals surface area (Å²) in [5, 5.41) is 3.48. The summed E-state index contributed by atoms with van der Waals surface area (Å²) in [6, 6.07) is 0. The molecule has 3 heteroatoms. The van der Waals surface area contributed by atoms with Crippen LogP contribution in [0, 0.1) is 16.7 Å². The summed E-state index contributed by atoms with van der Waals surface area (Å²) in [5.74, 6) is 1.04. The second kappa shape index (κ2) is 4.04. The second-order valence-corrected chi connectivity index (χ2v) is 9.85. The molecule has 0 spiro atoms. The zero-order chi connectivity index (χ0) is 14.9. The van der Waals surface area contributed by atoms with Crippen molar-refractivity contribution >= 4 is 5.91 Å². The van der Waals surface area contributed by atoms with E-state index in [1.165, 1.54) is 44.9 Å². The first-order chi connectivity index (χ1) is 9.71. The highest BCUT2D eigenvalue weighted by molar-refractivity contribution is 5.78. The maximum atomic E-state index is 12.6. The van der Waals surface area contributed by atoms with Gasteiger partial charge in [0.1, 0.15) is 0 Å². The zero-order valence-corrected chi connectivity index (χ0v) is 13.6. The smallest absolute Gasteiger partial charge is 0.222 e. The van der Waals surface area contributed by atoms with Crippen molar-refractivity contribution < 1.29 is 4.79 Å². The highest BCUT2D eigenvalue weighted by Gasteiger charge is 2.60. The third kappa shape index (κ3) is 2.32. The van der Waals surface area contributed by atoms with Crippen LogP contribution < -0.4 is 11.1 Å². The maximum absolute atomic E-state index is 12.6. The molecule has 4 bridgehead atoms. The molecule has 2 atom stereocenters. The third-order valence-electron chi connectivity index (χ3n) is 6.89. The Morgan fingerprint density at radius 1 is 1.10 bits per heavy atom. The fraction of sp³-hybridized carbons (Fsp3) is 0.944. The van der Waals surface area contributed by atoms with Crippen LogP contribution >= 0.6 is 0 Å². The van der Waals surface area contributed by atoms with Gasteiger partial charge in [-0.2, -0.15) is 0 Å². The summed E-state index contributed by atoms with van der Waals surface area (Å²) in [4.78, 5) is 12.6. The van der Waals surface area contributed by atoms with Gasteiger partial charge in [0.15, 0.2) is 0 Å². The van der Waals surface area contributed by atoms with Gasteiger partial charge in [0.2, 0.25) is 5.91 Å². The fourth-order valence-corrected chi connectivity index (χ4v) is 7.05. The van der Waals surface area contributed by atoms with Crippen LogP contribution in [-0.2, 0) is 4.79 Å². The van der Waals surface area contributed by atoms with Crippen molar-refractivity contribution in [1.82, 2.24) is 5.32 Å². The van der Waals surface area contributed by atoms with Crippen LogP contribution in [0.5, 0.6) is 0 Å². The van der Waals surface area contributed by atoms with Crippen LogP contribution in [0.2, 0.25) is 0 Å². The standard InChI is InChI=1S/C18H30N2O/c1-15-6-13-7-16(2,10-15)12-18(8-13,11-15)20-14(21)9-17(19)4-3-5-17/h13H,3-12,19H2,1-2H3,(H,20,21). The molecule has 3 N–H and O–H groups in total. The van der Waals surface area contributed by atoms with E-state index in [2.05, 4.69) is 19.2 Å². The van der Waals surface area contributed by atoms with Crippen molar-refractivity contribution in [2.75, 3.05) is 0 Å². The monoisotopic (exact) mass is 290 g/mol. The van der Waals surface area contributed by atoms with Gasteiger partial charge in [0, 0.05) is 17.5 Å². The Balaban J connectivity index is 1.50. The molecule has 0 aromatic heterocycles. The van der Waals surface area contributed by atoms with Crippen molar-refractivity contribution in [3.8, 4) is 0 Å². The van der Waals surface area contributed by atoms with Gasteiger partial charge < -0.3 is 11.1 Å². The van der Waals surface area contributed by atoms with Crippen molar-refractivity contribution in [3.63, 3.8) is 0 Å².